The van der Waals surface area contributed by atoms with Gasteiger partial charge in [0.25, 0.3) is 0 Å². The lowest BCUT2D eigenvalue weighted by Gasteiger charge is -2.35. The fourth-order valence-electron chi connectivity index (χ4n) is 1.99. The van der Waals surface area contributed by atoms with E-state index in [4.69, 9.17) is 15.2 Å². The Morgan fingerprint density at radius 2 is 2.26 bits per heavy atom. The molecule has 0 unspecified atom stereocenters. The van der Waals surface area contributed by atoms with Gasteiger partial charge in [0.2, 0.25) is 0 Å². The zero-order valence-corrected chi connectivity index (χ0v) is 11.3. The van der Waals surface area contributed by atoms with Gasteiger partial charge in [0.05, 0.1) is 18.3 Å². The normalized spacial score (nSPS) is 16.9. The molecular weight excluding hydrogens is 246 g/mol. The molecule has 0 aliphatic heterocycles. The smallest absolute Gasteiger partial charge is 0.356 e. The summed E-state index contributed by atoms with van der Waals surface area (Å²) in [7, 11) is 0. The lowest BCUT2D eigenvalue weighted by molar-refractivity contribution is 0.0313. The summed E-state index contributed by atoms with van der Waals surface area (Å²) in [6, 6.07) is 0. The van der Waals surface area contributed by atoms with Gasteiger partial charge in [0, 0.05) is 6.61 Å². The zero-order valence-electron chi connectivity index (χ0n) is 11.3. The lowest BCUT2D eigenvalue weighted by atomic mass is 9.77. The third kappa shape index (κ3) is 3.33. The van der Waals surface area contributed by atoms with Crippen molar-refractivity contribution < 1.29 is 14.3 Å². The highest BCUT2D eigenvalue weighted by atomic mass is 16.6. The van der Waals surface area contributed by atoms with Crippen molar-refractivity contribution in [3.63, 3.8) is 0 Å². The van der Waals surface area contributed by atoms with Crippen LogP contribution in [0.1, 0.15) is 48.9 Å². The Balaban J connectivity index is 1.79. The largest absolute Gasteiger partial charge is 0.459 e. The first-order chi connectivity index (χ1) is 9.15. The van der Waals surface area contributed by atoms with E-state index in [0.29, 0.717) is 24.7 Å². The third-order valence-electron chi connectivity index (χ3n) is 3.32. The minimum Gasteiger partial charge on any atom is -0.459 e. The zero-order chi connectivity index (χ0) is 13.7. The van der Waals surface area contributed by atoms with E-state index < -0.39 is 5.97 Å². The van der Waals surface area contributed by atoms with Crippen LogP contribution >= 0.6 is 0 Å². The van der Waals surface area contributed by atoms with E-state index in [-0.39, 0.29) is 12.1 Å². The number of carbonyl (C=O) groups is 1. The van der Waals surface area contributed by atoms with Crippen LogP contribution in [-0.4, -0.2) is 35.8 Å². The summed E-state index contributed by atoms with van der Waals surface area (Å²) in [5.41, 5.74) is 6.09. The van der Waals surface area contributed by atoms with Crippen molar-refractivity contribution in [1.82, 2.24) is 9.97 Å². The van der Waals surface area contributed by atoms with Crippen molar-refractivity contribution in [2.24, 2.45) is 5.73 Å². The van der Waals surface area contributed by atoms with E-state index in [2.05, 4.69) is 9.97 Å². The summed E-state index contributed by atoms with van der Waals surface area (Å²) in [6.07, 6.45) is 5.35. The van der Waals surface area contributed by atoms with Gasteiger partial charge in [0.1, 0.15) is 18.1 Å². The second kappa shape index (κ2) is 6.16. The molecule has 1 heterocycles. The molecule has 19 heavy (non-hydrogen) atoms. The second-order valence-electron chi connectivity index (χ2n) is 4.90. The molecule has 0 radical (unpaired) electrons. The topological polar surface area (TPSA) is 90.2 Å². The highest BCUT2D eigenvalue weighted by molar-refractivity contribution is 5.87. The molecule has 1 saturated carbocycles. The number of H-pyrrole nitrogens is 1. The molecule has 1 aliphatic rings. The number of imidazole rings is 1. The van der Waals surface area contributed by atoms with Crippen molar-refractivity contribution in [3.05, 3.63) is 17.7 Å². The number of nitrogens with one attached hydrogen (secondary N) is 1. The average molecular weight is 267 g/mol. The minimum absolute atomic E-state index is 0.251. The van der Waals surface area contributed by atoms with Crippen LogP contribution in [0.15, 0.2) is 6.20 Å². The Bertz CT molecular complexity index is 427. The van der Waals surface area contributed by atoms with Crippen molar-refractivity contribution in [2.45, 2.75) is 38.1 Å². The average Bonchev–Trinajstić information content (AvgIpc) is 2.85. The van der Waals surface area contributed by atoms with Gasteiger partial charge in [0.15, 0.2) is 0 Å². The maximum absolute atomic E-state index is 11.7. The maximum atomic E-state index is 11.7. The summed E-state index contributed by atoms with van der Waals surface area (Å²) >= 11 is 0. The quantitative estimate of drug-likeness (QED) is 0.574. The van der Waals surface area contributed by atoms with Gasteiger partial charge in [-0.1, -0.05) is 6.92 Å². The van der Waals surface area contributed by atoms with E-state index in [9.17, 15) is 4.79 Å². The molecule has 0 bridgehead atoms. The van der Waals surface area contributed by atoms with Crippen molar-refractivity contribution in [2.75, 3.05) is 19.8 Å². The first-order valence-corrected chi connectivity index (χ1v) is 6.75. The van der Waals surface area contributed by atoms with Crippen molar-refractivity contribution in [3.8, 4) is 0 Å². The highest BCUT2D eigenvalue weighted by Gasteiger charge is 2.37. The van der Waals surface area contributed by atoms with Gasteiger partial charge >= 0.3 is 5.97 Å². The Hall–Kier alpha value is -1.40. The van der Waals surface area contributed by atoms with E-state index in [1.54, 1.807) is 0 Å². The molecule has 0 saturated heterocycles. The summed E-state index contributed by atoms with van der Waals surface area (Å²) in [4.78, 5) is 18.9. The molecule has 0 amide bonds. The molecule has 0 spiro atoms. The number of carbonyl (C=O) groups excluding carboxylic acids is 1. The standard InChI is InChI=1S/C13H21N3O3/c1-2-6-18-7-8-19-11(17)10-9-15-12(16-10)13(14)4-3-5-13/h9H,2-8,14H2,1H3,(H,15,16). The fraction of sp³-hybridized carbons (Fsp3) is 0.692. The number of nitrogens with zero attached hydrogens (tertiary/aromatic N) is 1. The fourth-order valence-corrected chi connectivity index (χ4v) is 1.99. The highest BCUT2D eigenvalue weighted by Crippen LogP contribution is 2.36. The number of ether oxygens (including phenoxy) is 2. The molecule has 1 aliphatic carbocycles. The van der Waals surface area contributed by atoms with E-state index in [0.717, 1.165) is 25.7 Å². The molecule has 106 valence electrons. The van der Waals surface area contributed by atoms with Crippen LogP contribution in [-0.2, 0) is 15.0 Å². The number of hydrogen-bond acceptors (Lipinski definition) is 5. The van der Waals surface area contributed by atoms with Crippen LogP contribution < -0.4 is 5.73 Å². The monoisotopic (exact) mass is 267 g/mol. The minimum atomic E-state index is -0.415. The Morgan fingerprint density at radius 3 is 2.89 bits per heavy atom. The van der Waals surface area contributed by atoms with Gasteiger partial charge < -0.3 is 20.2 Å². The molecule has 1 aromatic heterocycles. The predicted molar refractivity (Wildman–Crippen MR) is 69.7 cm³/mol. The summed E-state index contributed by atoms with van der Waals surface area (Å²) < 4.78 is 10.3. The summed E-state index contributed by atoms with van der Waals surface area (Å²) in [6.45, 7) is 3.38. The number of esters is 1. The van der Waals surface area contributed by atoms with Gasteiger partial charge in [-0.05, 0) is 25.7 Å². The van der Waals surface area contributed by atoms with Crippen LogP contribution in [0.25, 0.3) is 0 Å². The van der Waals surface area contributed by atoms with Crippen LogP contribution in [0.5, 0.6) is 0 Å². The van der Waals surface area contributed by atoms with Gasteiger partial charge in [-0.15, -0.1) is 0 Å². The first-order valence-electron chi connectivity index (χ1n) is 6.75. The molecule has 0 atom stereocenters. The first kappa shape index (κ1) is 14.0. The van der Waals surface area contributed by atoms with Crippen LogP contribution in [0.3, 0.4) is 0 Å². The van der Waals surface area contributed by atoms with Gasteiger partial charge in [-0.3, -0.25) is 0 Å². The molecule has 6 nitrogen and oxygen atoms in total. The Morgan fingerprint density at radius 1 is 1.47 bits per heavy atom. The molecule has 6 heteroatoms. The molecule has 1 fully saturated rings. The summed E-state index contributed by atoms with van der Waals surface area (Å²) in [5, 5.41) is 0. The molecule has 2 rings (SSSR count). The van der Waals surface area contributed by atoms with Gasteiger partial charge in [-0.25, -0.2) is 9.78 Å². The number of aromatic nitrogens is 2. The maximum Gasteiger partial charge on any atom is 0.356 e. The van der Waals surface area contributed by atoms with Gasteiger partial charge in [-0.2, -0.15) is 0 Å². The van der Waals surface area contributed by atoms with E-state index >= 15 is 0 Å². The van der Waals surface area contributed by atoms with E-state index in [1.807, 2.05) is 6.92 Å². The third-order valence-corrected chi connectivity index (χ3v) is 3.32. The van der Waals surface area contributed by atoms with Crippen LogP contribution in [0.4, 0.5) is 0 Å². The lowest BCUT2D eigenvalue weighted by Crippen LogP contribution is -2.44. The second-order valence-corrected chi connectivity index (χ2v) is 4.90. The van der Waals surface area contributed by atoms with Crippen LogP contribution in [0, 0.1) is 0 Å². The number of rotatable bonds is 7. The molecule has 1 aromatic rings. The Kier molecular flexibility index (Phi) is 4.55. The van der Waals surface area contributed by atoms with Crippen LogP contribution in [0.2, 0.25) is 0 Å². The van der Waals surface area contributed by atoms with Crippen molar-refractivity contribution >= 4 is 5.97 Å². The molecule has 0 aromatic carbocycles. The summed E-state index contributed by atoms with van der Waals surface area (Å²) in [5.74, 6) is 0.259. The van der Waals surface area contributed by atoms with E-state index in [1.165, 1.54) is 6.20 Å². The molecular formula is C13H21N3O3. The number of hydrogen-bond donors (Lipinski definition) is 2. The predicted octanol–water partition coefficient (Wildman–Crippen LogP) is 1.33. The van der Waals surface area contributed by atoms with Crippen molar-refractivity contribution in [1.29, 1.82) is 0 Å². The molecule has 3 N–H and O–H groups in total. The SMILES string of the molecule is CCCOCCOC(=O)c1cnc(C2(N)CCC2)[nH]1. The number of nitrogens with two attached hydrogens (primary N) is 1. The Labute approximate surface area is 112 Å². The number of aromatic amines is 1.